The van der Waals surface area contributed by atoms with Crippen molar-refractivity contribution >= 4 is 34.7 Å². The van der Waals surface area contributed by atoms with Gasteiger partial charge in [0.1, 0.15) is 5.70 Å². The van der Waals surface area contributed by atoms with Gasteiger partial charge in [-0.15, -0.1) is 0 Å². The zero-order valence-corrected chi connectivity index (χ0v) is 20.0. The first-order chi connectivity index (χ1) is 15.6. The van der Waals surface area contributed by atoms with Crippen LogP contribution in [0.1, 0.15) is 43.0 Å². The standard InChI is InChI=1S/C28H27ClN2O2/c1-18-9-11-19(12-10-18)24-25(30-22-15-13-21(14-16-22)28(2,3)4)27(33)31(26(24)32)17-20-7-5-6-8-23(20)29/h5-16,30H,17H2,1-4H3. The maximum Gasteiger partial charge on any atom is 0.278 e. The minimum Gasteiger partial charge on any atom is -0.350 e. The van der Waals surface area contributed by atoms with Crippen LogP contribution in [-0.2, 0) is 21.5 Å². The molecule has 4 nitrogen and oxygen atoms in total. The zero-order valence-electron chi connectivity index (χ0n) is 19.3. The van der Waals surface area contributed by atoms with E-state index in [0.717, 1.165) is 16.8 Å². The normalized spacial score (nSPS) is 14.3. The van der Waals surface area contributed by atoms with E-state index in [1.807, 2.05) is 73.7 Å². The molecule has 1 aliphatic rings. The van der Waals surface area contributed by atoms with Crippen molar-refractivity contribution in [1.82, 2.24) is 4.90 Å². The maximum atomic E-state index is 13.5. The van der Waals surface area contributed by atoms with Crippen LogP contribution < -0.4 is 5.32 Å². The van der Waals surface area contributed by atoms with E-state index < -0.39 is 0 Å². The van der Waals surface area contributed by atoms with Crippen molar-refractivity contribution in [3.63, 3.8) is 0 Å². The number of halogens is 1. The van der Waals surface area contributed by atoms with Crippen LogP contribution in [0.4, 0.5) is 5.69 Å². The first kappa shape index (κ1) is 22.8. The second-order valence-electron chi connectivity index (χ2n) is 9.36. The predicted octanol–water partition coefficient (Wildman–Crippen LogP) is 6.34. The van der Waals surface area contributed by atoms with Crippen LogP contribution in [0.25, 0.3) is 5.57 Å². The minimum absolute atomic E-state index is 0.0236. The third-order valence-electron chi connectivity index (χ3n) is 5.81. The number of benzene rings is 3. The molecule has 3 aromatic rings. The van der Waals surface area contributed by atoms with E-state index in [1.165, 1.54) is 10.5 Å². The smallest absolute Gasteiger partial charge is 0.278 e. The highest BCUT2D eigenvalue weighted by atomic mass is 35.5. The van der Waals surface area contributed by atoms with Crippen LogP contribution >= 0.6 is 11.6 Å². The molecule has 1 N–H and O–H groups in total. The van der Waals surface area contributed by atoms with E-state index in [4.69, 9.17) is 11.6 Å². The van der Waals surface area contributed by atoms with E-state index in [9.17, 15) is 9.59 Å². The number of nitrogens with zero attached hydrogens (tertiary/aromatic N) is 1. The second kappa shape index (κ2) is 8.87. The molecule has 1 heterocycles. The van der Waals surface area contributed by atoms with Crippen LogP contribution in [0.3, 0.4) is 0 Å². The molecular weight excluding hydrogens is 432 g/mol. The van der Waals surface area contributed by atoms with E-state index in [2.05, 4.69) is 26.1 Å². The summed E-state index contributed by atoms with van der Waals surface area (Å²) in [4.78, 5) is 28.2. The van der Waals surface area contributed by atoms with Gasteiger partial charge in [-0.25, -0.2) is 0 Å². The molecule has 3 aromatic carbocycles. The second-order valence-corrected chi connectivity index (χ2v) is 9.76. The third kappa shape index (κ3) is 4.71. The van der Waals surface area contributed by atoms with Gasteiger partial charge in [-0.2, -0.15) is 0 Å². The molecular formula is C28H27ClN2O2. The number of carbonyl (C=O) groups is 2. The highest BCUT2D eigenvalue weighted by Crippen LogP contribution is 2.33. The average molecular weight is 459 g/mol. The molecule has 0 spiro atoms. The van der Waals surface area contributed by atoms with Gasteiger partial charge in [-0.3, -0.25) is 14.5 Å². The molecule has 168 valence electrons. The molecule has 0 atom stereocenters. The molecule has 0 saturated carbocycles. The lowest BCUT2D eigenvalue weighted by Gasteiger charge is -2.19. The molecule has 4 rings (SSSR count). The number of rotatable bonds is 5. The van der Waals surface area contributed by atoms with Gasteiger partial charge in [0.2, 0.25) is 0 Å². The molecule has 1 aliphatic heterocycles. The predicted molar refractivity (Wildman–Crippen MR) is 134 cm³/mol. The third-order valence-corrected chi connectivity index (χ3v) is 6.18. The Morgan fingerprint density at radius 1 is 0.848 bits per heavy atom. The van der Waals surface area contributed by atoms with E-state index >= 15 is 0 Å². The highest BCUT2D eigenvalue weighted by Gasteiger charge is 2.39. The molecule has 33 heavy (non-hydrogen) atoms. The van der Waals surface area contributed by atoms with Gasteiger partial charge in [0.25, 0.3) is 11.8 Å². The summed E-state index contributed by atoms with van der Waals surface area (Å²) in [7, 11) is 0. The lowest BCUT2D eigenvalue weighted by atomic mass is 9.87. The Kier molecular flexibility index (Phi) is 6.13. The molecule has 2 amide bonds. The van der Waals surface area contributed by atoms with Crippen molar-refractivity contribution in [2.75, 3.05) is 5.32 Å². The molecule has 0 fully saturated rings. The Morgan fingerprint density at radius 3 is 2.09 bits per heavy atom. The van der Waals surface area contributed by atoms with Crippen molar-refractivity contribution in [2.24, 2.45) is 0 Å². The van der Waals surface area contributed by atoms with Gasteiger partial charge in [0.15, 0.2) is 0 Å². The summed E-state index contributed by atoms with van der Waals surface area (Å²) in [6.45, 7) is 8.55. The Balaban J connectivity index is 1.72. The summed E-state index contributed by atoms with van der Waals surface area (Å²) < 4.78 is 0. The van der Waals surface area contributed by atoms with E-state index in [1.54, 1.807) is 6.07 Å². The number of carbonyl (C=O) groups excluding carboxylic acids is 2. The monoisotopic (exact) mass is 458 g/mol. The van der Waals surface area contributed by atoms with Gasteiger partial charge in [-0.05, 0) is 47.2 Å². The lowest BCUT2D eigenvalue weighted by molar-refractivity contribution is -0.137. The first-order valence-corrected chi connectivity index (χ1v) is 11.3. The van der Waals surface area contributed by atoms with Gasteiger partial charge >= 0.3 is 0 Å². The Morgan fingerprint density at radius 2 is 1.48 bits per heavy atom. The maximum absolute atomic E-state index is 13.5. The number of nitrogens with one attached hydrogen (secondary N) is 1. The SMILES string of the molecule is Cc1ccc(C2=C(Nc3ccc(C(C)(C)C)cc3)C(=O)N(Cc3ccccc3Cl)C2=O)cc1. The number of anilines is 1. The number of imide groups is 1. The summed E-state index contributed by atoms with van der Waals surface area (Å²) in [5.41, 5.74) is 5.12. The molecule has 0 unspecified atom stereocenters. The summed E-state index contributed by atoms with van der Waals surface area (Å²) in [5, 5.41) is 3.75. The molecule has 0 bridgehead atoms. The van der Waals surface area contributed by atoms with Crippen LogP contribution in [0.2, 0.25) is 5.02 Å². The summed E-state index contributed by atoms with van der Waals surface area (Å²) in [6, 6.07) is 22.8. The van der Waals surface area contributed by atoms with Crippen LogP contribution in [0, 0.1) is 6.92 Å². The largest absolute Gasteiger partial charge is 0.350 e. The van der Waals surface area contributed by atoms with Crippen molar-refractivity contribution in [3.05, 3.63) is 106 Å². The number of hydrogen-bond donors (Lipinski definition) is 1. The zero-order chi connectivity index (χ0) is 23.8. The van der Waals surface area contributed by atoms with Crippen LogP contribution in [-0.4, -0.2) is 16.7 Å². The minimum atomic E-state index is -0.365. The fraction of sp³-hybridized carbons (Fsp3) is 0.214. The van der Waals surface area contributed by atoms with Crippen molar-refractivity contribution in [3.8, 4) is 0 Å². The fourth-order valence-corrected chi connectivity index (χ4v) is 4.01. The number of aryl methyl sites for hydroxylation is 1. The number of hydrogen-bond acceptors (Lipinski definition) is 3. The summed E-state index contributed by atoms with van der Waals surface area (Å²) in [5.74, 6) is -0.701. The lowest BCUT2D eigenvalue weighted by Crippen LogP contribution is -2.32. The molecule has 0 radical (unpaired) electrons. The van der Waals surface area contributed by atoms with Gasteiger partial charge < -0.3 is 5.32 Å². The molecule has 0 aliphatic carbocycles. The summed E-state index contributed by atoms with van der Waals surface area (Å²) >= 11 is 6.31. The summed E-state index contributed by atoms with van der Waals surface area (Å²) in [6.07, 6.45) is 0. The molecule has 0 aromatic heterocycles. The van der Waals surface area contributed by atoms with Crippen molar-refractivity contribution in [1.29, 1.82) is 0 Å². The number of amides is 2. The Labute approximate surface area is 199 Å². The van der Waals surface area contributed by atoms with E-state index in [-0.39, 0.29) is 29.5 Å². The van der Waals surface area contributed by atoms with Gasteiger partial charge in [0, 0.05) is 10.7 Å². The quantitative estimate of drug-likeness (QED) is 0.454. The van der Waals surface area contributed by atoms with Crippen LogP contribution in [0.5, 0.6) is 0 Å². The topological polar surface area (TPSA) is 49.4 Å². The van der Waals surface area contributed by atoms with Gasteiger partial charge in [0.05, 0.1) is 12.1 Å². The fourth-order valence-electron chi connectivity index (χ4n) is 3.82. The molecule has 0 saturated heterocycles. The molecule has 5 heteroatoms. The van der Waals surface area contributed by atoms with Crippen LogP contribution in [0.15, 0.2) is 78.5 Å². The van der Waals surface area contributed by atoms with Crippen molar-refractivity contribution < 1.29 is 9.59 Å². The average Bonchev–Trinajstić information content (AvgIpc) is 3.00. The Bertz CT molecular complexity index is 1240. The Hall–Kier alpha value is -3.37. The van der Waals surface area contributed by atoms with Crippen molar-refractivity contribution in [2.45, 2.75) is 39.7 Å². The van der Waals surface area contributed by atoms with E-state index in [0.29, 0.717) is 16.2 Å². The van der Waals surface area contributed by atoms with Gasteiger partial charge in [-0.1, -0.05) is 92.5 Å². The highest BCUT2D eigenvalue weighted by molar-refractivity contribution is 6.36. The first-order valence-electron chi connectivity index (χ1n) is 10.9.